The van der Waals surface area contributed by atoms with E-state index in [2.05, 4.69) is 31.2 Å². The van der Waals surface area contributed by atoms with Gasteiger partial charge >= 0.3 is 0 Å². The number of thiazole rings is 1. The highest BCUT2D eigenvalue weighted by atomic mass is 32.2. The third kappa shape index (κ3) is 4.13. The van der Waals surface area contributed by atoms with Crippen molar-refractivity contribution in [3.05, 3.63) is 54.1 Å². The van der Waals surface area contributed by atoms with Gasteiger partial charge in [0.1, 0.15) is 11.1 Å². The molecule has 0 bridgehead atoms. The van der Waals surface area contributed by atoms with Crippen LogP contribution in [-0.2, 0) is 9.84 Å². The molecule has 6 heteroatoms. The minimum atomic E-state index is -3.22. The van der Waals surface area contributed by atoms with Crippen molar-refractivity contribution in [2.24, 2.45) is 0 Å². The zero-order valence-electron chi connectivity index (χ0n) is 16.0. The number of ether oxygens (including phenoxy) is 1. The average Bonchev–Trinajstić information content (AvgIpc) is 3.32. The van der Waals surface area contributed by atoms with Crippen LogP contribution in [0.3, 0.4) is 0 Å². The molecule has 0 unspecified atom stereocenters. The van der Waals surface area contributed by atoms with E-state index < -0.39 is 9.84 Å². The molecule has 4 rings (SSSR count). The second kappa shape index (κ2) is 7.68. The van der Waals surface area contributed by atoms with Crippen molar-refractivity contribution in [3.8, 4) is 26.9 Å². The van der Waals surface area contributed by atoms with Crippen molar-refractivity contribution in [2.75, 3.05) is 6.26 Å². The SMILES string of the molecule is Cc1ccc(-c2nc(OC3CCCC3)c(-c3ccc(S(C)(=O)=O)cc3)s2)cc1. The molecule has 1 aromatic heterocycles. The summed E-state index contributed by atoms with van der Waals surface area (Å²) in [5, 5.41) is 0.912. The highest BCUT2D eigenvalue weighted by molar-refractivity contribution is 7.90. The number of hydrogen-bond donors (Lipinski definition) is 0. The maximum absolute atomic E-state index is 11.8. The average molecular weight is 414 g/mol. The molecule has 1 fully saturated rings. The van der Waals surface area contributed by atoms with Gasteiger partial charge in [-0.05, 0) is 50.3 Å². The third-order valence-electron chi connectivity index (χ3n) is 5.02. The first-order chi connectivity index (χ1) is 13.4. The number of benzene rings is 2. The van der Waals surface area contributed by atoms with E-state index in [4.69, 9.17) is 9.72 Å². The van der Waals surface area contributed by atoms with Gasteiger partial charge in [-0.1, -0.05) is 42.0 Å². The molecular formula is C22H23NO3S2. The van der Waals surface area contributed by atoms with Gasteiger partial charge in [-0.2, -0.15) is 0 Å². The molecule has 1 aliphatic rings. The van der Waals surface area contributed by atoms with Crippen molar-refractivity contribution in [2.45, 2.75) is 43.6 Å². The van der Waals surface area contributed by atoms with Crippen LogP contribution in [0.4, 0.5) is 0 Å². The van der Waals surface area contributed by atoms with Crippen LogP contribution in [0.1, 0.15) is 31.2 Å². The fourth-order valence-corrected chi connectivity index (χ4v) is 5.05. The number of aryl methyl sites for hydroxylation is 1. The van der Waals surface area contributed by atoms with Crippen molar-refractivity contribution in [3.63, 3.8) is 0 Å². The summed E-state index contributed by atoms with van der Waals surface area (Å²) in [5.41, 5.74) is 3.20. The van der Waals surface area contributed by atoms with E-state index >= 15 is 0 Å². The van der Waals surface area contributed by atoms with Crippen molar-refractivity contribution < 1.29 is 13.2 Å². The van der Waals surface area contributed by atoms with Crippen molar-refractivity contribution in [1.82, 2.24) is 4.98 Å². The van der Waals surface area contributed by atoms with E-state index in [-0.39, 0.29) is 6.10 Å². The van der Waals surface area contributed by atoms with Crippen LogP contribution in [0.15, 0.2) is 53.4 Å². The van der Waals surface area contributed by atoms with Gasteiger partial charge in [-0.15, -0.1) is 11.3 Å². The summed E-state index contributed by atoms with van der Waals surface area (Å²) in [6.07, 6.45) is 5.93. The molecule has 0 spiro atoms. The summed E-state index contributed by atoms with van der Waals surface area (Å²) in [7, 11) is -3.22. The van der Waals surface area contributed by atoms with Crippen LogP contribution >= 0.6 is 11.3 Å². The number of sulfone groups is 1. The third-order valence-corrected chi connectivity index (χ3v) is 7.28. The van der Waals surface area contributed by atoms with Gasteiger partial charge in [-0.25, -0.2) is 13.4 Å². The molecule has 0 N–H and O–H groups in total. The van der Waals surface area contributed by atoms with Crippen molar-refractivity contribution >= 4 is 21.2 Å². The summed E-state index contributed by atoms with van der Waals surface area (Å²) < 4.78 is 29.8. The second-order valence-electron chi connectivity index (χ2n) is 7.34. The van der Waals surface area contributed by atoms with Gasteiger partial charge < -0.3 is 4.74 Å². The molecule has 0 saturated heterocycles. The Balaban J connectivity index is 1.74. The minimum absolute atomic E-state index is 0.210. The first-order valence-corrected chi connectivity index (χ1v) is 12.2. The van der Waals surface area contributed by atoms with Crippen LogP contribution in [0.2, 0.25) is 0 Å². The summed E-state index contributed by atoms with van der Waals surface area (Å²) in [5.74, 6) is 0.652. The molecule has 1 saturated carbocycles. The Morgan fingerprint density at radius 2 is 1.57 bits per heavy atom. The van der Waals surface area contributed by atoms with Crippen LogP contribution in [0.5, 0.6) is 5.88 Å². The van der Waals surface area contributed by atoms with Gasteiger partial charge in [0, 0.05) is 11.8 Å². The molecule has 0 amide bonds. The maximum atomic E-state index is 11.8. The molecule has 0 aliphatic heterocycles. The molecule has 28 heavy (non-hydrogen) atoms. The van der Waals surface area contributed by atoms with E-state index in [1.54, 1.807) is 23.5 Å². The fourth-order valence-electron chi connectivity index (χ4n) is 3.41. The van der Waals surface area contributed by atoms with Gasteiger partial charge in [0.2, 0.25) is 5.88 Å². The lowest BCUT2D eigenvalue weighted by molar-refractivity contribution is 0.204. The largest absolute Gasteiger partial charge is 0.473 e. The Morgan fingerprint density at radius 3 is 2.18 bits per heavy atom. The number of nitrogens with zero attached hydrogens (tertiary/aromatic N) is 1. The Morgan fingerprint density at radius 1 is 0.964 bits per heavy atom. The molecule has 0 radical (unpaired) electrons. The van der Waals surface area contributed by atoms with Crippen LogP contribution < -0.4 is 4.74 Å². The number of hydrogen-bond acceptors (Lipinski definition) is 5. The number of rotatable bonds is 5. The normalized spacial score (nSPS) is 15.1. The van der Waals surface area contributed by atoms with Gasteiger partial charge in [0.15, 0.2) is 9.84 Å². The fraction of sp³-hybridized carbons (Fsp3) is 0.318. The quantitative estimate of drug-likeness (QED) is 0.553. The predicted octanol–water partition coefficient (Wildman–Crippen LogP) is 5.51. The molecule has 1 heterocycles. The summed E-state index contributed by atoms with van der Waals surface area (Å²) in [6.45, 7) is 2.06. The highest BCUT2D eigenvalue weighted by Crippen LogP contribution is 2.41. The minimum Gasteiger partial charge on any atom is -0.473 e. The smallest absolute Gasteiger partial charge is 0.233 e. The van der Waals surface area contributed by atoms with Crippen LogP contribution in [0, 0.1) is 6.92 Å². The molecule has 3 aromatic rings. The monoisotopic (exact) mass is 413 g/mol. The summed E-state index contributed by atoms with van der Waals surface area (Å²) in [6, 6.07) is 15.3. The molecular weight excluding hydrogens is 390 g/mol. The Bertz CT molecular complexity index is 1060. The van der Waals surface area contributed by atoms with Crippen LogP contribution in [-0.4, -0.2) is 25.8 Å². The first kappa shape index (κ1) is 19.2. The standard InChI is InChI=1S/C22H23NO3S2/c1-15-7-9-17(10-8-15)22-23-21(26-18-5-3-4-6-18)20(27-22)16-11-13-19(14-12-16)28(2,24)25/h7-14,18H,3-6H2,1-2H3. The van der Waals surface area contributed by atoms with Crippen molar-refractivity contribution in [1.29, 1.82) is 0 Å². The Labute approximate surface area is 170 Å². The maximum Gasteiger partial charge on any atom is 0.233 e. The van der Waals surface area contributed by atoms with E-state index in [0.717, 1.165) is 33.9 Å². The molecule has 4 nitrogen and oxygen atoms in total. The van der Waals surface area contributed by atoms with E-state index in [0.29, 0.717) is 10.8 Å². The van der Waals surface area contributed by atoms with E-state index in [9.17, 15) is 8.42 Å². The lowest BCUT2D eigenvalue weighted by Crippen LogP contribution is -2.11. The van der Waals surface area contributed by atoms with Gasteiger partial charge in [0.25, 0.3) is 0 Å². The lowest BCUT2D eigenvalue weighted by Gasteiger charge is -2.12. The Hall–Kier alpha value is -2.18. The second-order valence-corrected chi connectivity index (χ2v) is 10.4. The molecule has 0 atom stereocenters. The summed E-state index contributed by atoms with van der Waals surface area (Å²) >= 11 is 1.58. The van der Waals surface area contributed by atoms with E-state index in [1.807, 2.05) is 12.1 Å². The lowest BCUT2D eigenvalue weighted by atomic mass is 10.2. The predicted molar refractivity (Wildman–Crippen MR) is 114 cm³/mol. The molecule has 2 aromatic carbocycles. The summed E-state index contributed by atoms with van der Waals surface area (Å²) in [4.78, 5) is 6.06. The van der Waals surface area contributed by atoms with E-state index in [1.165, 1.54) is 24.7 Å². The molecule has 1 aliphatic carbocycles. The number of aromatic nitrogens is 1. The van der Waals surface area contributed by atoms with Crippen LogP contribution in [0.25, 0.3) is 21.0 Å². The first-order valence-electron chi connectivity index (χ1n) is 9.45. The van der Waals surface area contributed by atoms with Gasteiger partial charge in [0.05, 0.1) is 9.77 Å². The van der Waals surface area contributed by atoms with Gasteiger partial charge in [-0.3, -0.25) is 0 Å². The highest BCUT2D eigenvalue weighted by Gasteiger charge is 2.22. The zero-order chi connectivity index (χ0) is 19.7. The zero-order valence-corrected chi connectivity index (χ0v) is 17.6. The molecule has 146 valence electrons. The topological polar surface area (TPSA) is 56.3 Å². The Kier molecular flexibility index (Phi) is 5.25.